The molecule has 0 aromatic rings. The van der Waals surface area contributed by atoms with Crippen LogP contribution in [0.15, 0.2) is 25.3 Å². The van der Waals surface area contributed by atoms with E-state index in [1.165, 1.54) is 13.0 Å². The summed E-state index contributed by atoms with van der Waals surface area (Å²) in [5.74, 6) is -0.671. The van der Waals surface area contributed by atoms with Crippen LogP contribution in [0.1, 0.15) is 27.2 Å². The number of Topliss-reactive ketones (excluding diaryl/α,β-unsaturated/α-hetero) is 1. The highest BCUT2D eigenvalue weighted by Gasteiger charge is 2.20. The smallest absolute Gasteiger partial charge is 0.243 e. The Morgan fingerprint density at radius 1 is 1.24 bits per heavy atom. The highest BCUT2D eigenvalue weighted by atomic mass is 16.2. The van der Waals surface area contributed by atoms with Gasteiger partial charge in [-0.2, -0.15) is 0 Å². The lowest BCUT2D eigenvalue weighted by atomic mass is 9.98. The zero-order chi connectivity index (χ0) is 14.1. The molecule has 0 aliphatic heterocycles. The number of hydrogen-bond acceptors (Lipinski definition) is 3. The molecule has 5 nitrogen and oxygen atoms in total. The van der Waals surface area contributed by atoms with E-state index in [-0.39, 0.29) is 11.7 Å². The largest absolute Gasteiger partial charge is 0.366 e. The number of nitrogens with two attached hydrogens (primary N) is 1. The molecule has 0 aromatic carbocycles. The van der Waals surface area contributed by atoms with Gasteiger partial charge < -0.3 is 11.1 Å². The summed E-state index contributed by atoms with van der Waals surface area (Å²) in [5, 5.41) is 2.66. The molecule has 0 aromatic heterocycles. The van der Waals surface area contributed by atoms with E-state index in [0.717, 1.165) is 6.08 Å². The van der Waals surface area contributed by atoms with Gasteiger partial charge in [0.1, 0.15) is 5.78 Å². The summed E-state index contributed by atoms with van der Waals surface area (Å²) in [6.45, 7) is 11.5. The van der Waals surface area contributed by atoms with Crippen LogP contribution < -0.4 is 11.1 Å². The summed E-state index contributed by atoms with van der Waals surface area (Å²) in [6, 6.07) is 0. The first-order valence-corrected chi connectivity index (χ1v) is 5.00. The van der Waals surface area contributed by atoms with Gasteiger partial charge in [-0.15, -0.1) is 0 Å². The van der Waals surface area contributed by atoms with E-state index in [1.807, 2.05) is 0 Å². The minimum atomic E-state index is -0.481. The van der Waals surface area contributed by atoms with E-state index < -0.39 is 11.4 Å². The van der Waals surface area contributed by atoms with Crippen LogP contribution in [0.5, 0.6) is 0 Å². The van der Waals surface area contributed by atoms with Crippen LogP contribution in [0.3, 0.4) is 0 Å². The van der Waals surface area contributed by atoms with Crippen molar-refractivity contribution in [2.24, 2.45) is 5.73 Å². The van der Waals surface area contributed by atoms with Crippen LogP contribution in [0.2, 0.25) is 0 Å². The first-order valence-electron chi connectivity index (χ1n) is 5.00. The van der Waals surface area contributed by atoms with E-state index in [0.29, 0.717) is 6.42 Å². The third kappa shape index (κ3) is 14.1. The zero-order valence-electron chi connectivity index (χ0n) is 10.6. The minimum absolute atomic E-state index is 0.0596. The maximum atomic E-state index is 10.9. The van der Waals surface area contributed by atoms with Crippen molar-refractivity contribution in [3.05, 3.63) is 25.3 Å². The van der Waals surface area contributed by atoms with Gasteiger partial charge in [-0.05, 0) is 32.9 Å². The van der Waals surface area contributed by atoms with E-state index in [4.69, 9.17) is 0 Å². The number of amides is 2. The van der Waals surface area contributed by atoms with Crippen molar-refractivity contribution < 1.29 is 14.4 Å². The first-order chi connectivity index (χ1) is 7.64. The molecule has 0 radical (unpaired) electrons. The number of carbonyl (C=O) groups excluding carboxylic acids is 3. The Kier molecular flexibility index (Phi) is 8.50. The van der Waals surface area contributed by atoms with Crippen molar-refractivity contribution in [3.8, 4) is 0 Å². The summed E-state index contributed by atoms with van der Waals surface area (Å²) in [6.07, 6.45) is 2.59. The van der Waals surface area contributed by atoms with Crippen molar-refractivity contribution >= 4 is 17.6 Å². The fraction of sp³-hybridized carbons (Fsp3) is 0.417. The molecule has 0 rings (SSSR count). The third-order valence-electron chi connectivity index (χ3n) is 1.54. The van der Waals surface area contributed by atoms with E-state index in [2.05, 4.69) is 24.2 Å². The van der Waals surface area contributed by atoms with Crippen LogP contribution in [0.25, 0.3) is 0 Å². The fourth-order valence-electron chi connectivity index (χ4n) is 1.05. The van der Waals surface area contributed by atoms with E-state index in [1.54, 1.807) is 13.8 Å². The molecular formula is C12H20N2O3. The van der Waals surface area contributed by atoms with Gasteiger partial charge in [0.25, 0.3) is 0 Å². The number of hydrogen-bond donors (Lipinski definition) is 2. The second kappa shape index (κ2) is 8.27. The fourth-order valence-corrected chi connectivity index (χ4v) is 1.05. The molecule has 96 valence electrons. The number of rotatable bonds is 5. The van der Waals surface area contributed by atoms with Crippen LogP contribution >= 0.6 is 0 Å². The van der Waals surface area contributed by atoms with Crippen molar-refractivity contribution in [1.29, 1.82) is 0 Å². The van der Waals surface area contributed by atoms with Crippen molar-refractivity contribution in [2.45, 2.75) is 32.7 Å². The Hall–Kier alpha value is -1.91. The Balaban J connectivity index is 0. The first kappa shape index (κ1) is 17.5. The van der Waals surface area contributed by atoms with Crippen molar-refractivity contribution in [3.63, 3.8) is 0 Å². The molecule has 0 bridgehead atoms. The van der Waals surface area contributed by atoms with Crippen LogP contribution in [0, 0.1) is 0 Å². The van der Waals surface area contributed by atoms with Crippen LogP contribution in [0.4, 0.5) is 0 Å². The SMILES string of the molecule is C=CC(=O)NC(C)(C)CC(C)=O.C=CC(N)=O. The van der Waals surface area contributed by atoms with Gasteiger partial charge in [-0.25, -0.2) is 0 Å². The molecular weight excluding hydrogens is 220 g/mol. The van der Waals surface area contributed by atoms with Gasteiger partial charge in [0.05, 0.1) is 0 Å². The third-order valence-corrected chi connectivity index (χ3v) is 1.54. The molecule has 0 saturated carbocycles. The predicted molar refractivity (Wildman–Crippen MR) is 67.1 cm³/mol. The summed E-state index contributed by atoms with van der Waals surface area (Å²) in [7, 11) is 0. The number of nitrogens with one attached hydrogen (secondary N) is 1. The lowest BCUT2D eigenvalue weighted by Crippen LogP contribution is -2.43. The molecule has 0 aliphatic carbocycles. The molecule has 3 N–H and O–H groups in total. The number of carbonyl (C=O) groups is 3. The van der Waals surface area contributed by atoms with Gasteiger partial charge in [0.2, 0.25) is 11.8 Å². The summed E-state index contributed by atoms with van der Waals surface area (Å²) >= 11 is 0. The molecule has 0 spiro atoms. The summed E-state index contributed by atoms with van der Waals surface area (Å²) < 4.78 is 0. The van der Waals surface area contributed by atoms with Gasteiger partial charge in [0, 0.05) is 12.0 Å². The highest BCUT2D eigenvalue weighted by Crippen LogP contribution is 2.08. The van der Waals surface area contributed by atoms with E-state index in [9.17, 15) is 14.4 Å². The average Bonchev–Trinajstić information content (AvgIpc) is 2.15. The standard InChI is InChI=1S/C9H15NO2.C3H5NO/c1-5-8(12)10-9(3,4)6-7(2)11;1-2-3(4)5/h5H,1,6H2,2-4H3,(H,10,12);2H,1H2,(H2,4,5). The van der Waals surface area contributed by atoms with Gasteiger partial charge in [-0.3, -0.25) is 14.4 Å². The molecule has 0 saturated heterocycles. The van der Waals surface area contributed by atoms with E-state index >= 15 is 0 Å². The van der Waals surface area contributed by atoms with Crippen LogP contribution in [-0.4, -0.2) is 23.1 Å². The monoisotopic (exact) mass is 240 g/mol. The summed E-state index contributed by atoms with van der Waals surface area (Å²) in [5.41, 5.74) is 4.06. The molecule has 0 heterocycles. The number of primary amides is 1. The summed E-state index contributed by atoms with van der Waals surface area (Å²) in [4.78, 5) is 31.1. The second-order valence-corrected chi connectivity index (χ2v) is 4.06. The Labute approximate surface area is 102 Å². The van der Waals surface area contributed by atoms with Crippen molar-refractivity contribution in [2.75, 3.05) is 0 Å². The average molecular weight is 240 g/mol. The second-order valence-electron chi connectivity index (χ2n) is 4.06. The zero-order valence-corrected chi connectivity index (χ0v) is 10.6. The Morgan fingerprint density at radius 3 is 1.88 bits per heavy atom. The molecule has 0 atom stereocenters. The maximum absolute atomic E-state index is 10.9. The van der Waals surface area contributed by atoms with Gasteiger partial charge >= 0.3 is 0 Å². The lowest BCUT2D eigenvalue weighted by molar-refractivity contribution is -0.120. The predicted octanol–water partition coefficient (Wildman–Crippen LogP) is 0.704. The lowest BCUT2D eigenvalue weighted by Gasteiger charge is -2.23. The Bertz CT molecular complexity index is 320. The molecule has 5 heteroatoms. The topological polar surface area (TPSA) is 89.3 Å². The normalized spacial score (nSPS) is 9.35. The molecule has 0 aliphatic rings. The Morgan fingerprint density at radius 2 is 1.65 bits per heavy atom. The quantitative estimate of drug-likeness (QED) is 0.693. The van der Waals surface area contributed by atoms with Gasteiger partial charge in [-0.1, -0.05) is 13.2 Å². The molecule has 0 fully saturated rings. The minimum Gasteiger partial charge on any atom is -0.366 e. The highest BCUT2D eigenvalue weighted by molar-refractivity contribution is 5.88. The van der Waals surface area contributed by atoms with Crippen molar-refractivity contribution in [1.82, 2.24) is 5.32 Å². The maximum Gasteiger partial charge on any atom is 0.243 e. The molecule has 0 unspecified atom stereocenters. The van der Waals surface area contributed by atoms with Gasteiger partial charge in [0.15, 0.2) is 0 Å². The molecule has 17 heavy (non-hydrogen) atoms. The molecule has 2 amide bonds. The number of ketones is 1. The van der Waals surface area contributed by atoms with Crippen LogP contribution in [-0.2, 0) is 14.4 Å².